The van der Waals surface area contributed by atoms with Gasteiger partial charge in [-0.3, -0.25) is 4.99 Å². The van der Waals surface area contributed by atoms with Gasteiger partial charge in [0.15, 0.2) is 5.96 Å². The number of hydrogen-bond acceptors (Lipinski definition) is 4. The molecule has 0 radical (unpaired) electrons. The van der Waals surface area contributed by atoms with Gasteiger partial charge in [-0.25, -0.2) is 4.98 Å². The molecule has 2 heterocycles. The van der Waals surface area contributed by atoms with E-state index in [4.69, 9.17) is 4.99 Å². The van der Waals surface area contributed by atoms with Crippen LogP contribution in [0.15, 0.2) is 10.4 Å². The molecule has 0 aliphatic carbocycles. The smallest absolute Gasteiger partial charge is 0.191 e. The van der Waals surface area contributed by atoms with Gasteiger partial charge in [-0.2, -0.15) is 0 Å². The number of likely N-dealkylation sites (tertiary alicyclic amines) is 1. The predicted octanol–water partition coefficient (Wildman–Crippen LogP) is 3.20. The summed E-state index contributed by atoms with van der Waals surface area (Å²) in [5.74, 6) is 0.988. The number of aliphatic imine (C=N–C) groups is 1. The van der Waals surface area contributed by atoms with E-state index in [2.05, 4.69) is 46.7 Å². The highest BCUT2D eigenvalue weighted by Crippen LogP contribution is 2.12. The van der Waals surface area contributed by atoms with Crippen LogP contribution >= 0.6 is 11.3 Å². The normalized spacial score (nSPS) is 17.0. The molecular formula is C19H35N5S. The molecule has 2 N–H and O–H groups in total. The molecule has 0 amide bonds. The van der Waals surface area contributed by atoms with Crippen LogP contribution in [0.2, 0.25) is 0 Å². The Bertz CT molecular complexity index is 506. The zero-order valence-corrected chi connectivity index (χ0v) is 17.0. The fourth-order valence-electron chi connectivity index (χ4n) is 3.23. The van der Waals surface area contributed by atoms with E-state index >= 15 is 0 Å². The van der Waals surface area contributed by atoms with Gasteiger partial charge in [0, 0.05) is 43.3 Å². The Labute approximate surface area is 157 Å². The van der Waals surface area contributed by atoms with E-state index in [-0.39, 0.29) is 0 Å². The van der Waals surface area contributed by atoms with Gasteiger partial charge in [-0.15, -0.1) is 11.3 Å². The Hall–Kier alpha value is -1.14. The molecule has 6 heteroatoms. The van der Waals surface area contributed by atoms with Gasteiger partial charge in [-0.1, -0.05) is 6.92 Å². The fraction of sp³-hybridized carbons (Fsp3) is 0.789. The molecule has 0 atom stereocenters. The maximum Gasteiger partial charge on any atom is 0.191 e. The number of nitrogens with one attached hydrogen (secondary N) is 2. The van der Waals surface area contributed by atoms with Crippen molar-refractivity contribution in [1.29, 1.82) is 0 Å². The van der Waals surface area contributed by atoms with Gasteiger partial charge in [0.2, 0.25) is 0 Å². The molecule has 1 aliphatic rings. The molecule has 0 unspecified atom stereocenters. The van der Waals surface area contributed by atoms with E-state index in [0.717, 1.165) is 44.0 Å². The van der Waals surface area contributed by atoms with Gasteiger partial charge in [0.25, 0.3) is 0 Å². The van der Waals surface area contributed by atoms with Crippen molar-refractivity contribution in [2.75, 3.05) is 32.7 Å². The van der Waals surface area contributed by atoms with Gasteiger partial charge in [0.1, 0.15) is 0 Å². The van der Waals surface area contributed by atoms with E-state index in [1.807, 2.05) is 0 Å². The minimum atomic E-state index is 0.559. The number of aryl methyl sites for hydroxylation is 2. The first-order chi connectivity index (χ1) is 12.2. The first-order valence-corrected chi connectivity index (χ1v) is 10.8. The van der Waals surface area contributed by atoms with Crippen molar-refractivity contribution in [3.8, 4) is 0 Å². The summed E-state index contributed by atoms with van der Waals surface area (Å²) < 4.78 is 0. The predicted molar refractivity (Wildman–Crippen MR) is 109 cm³/mol. The first-order valence-electron chi connectivity index (χ1n) is 9.89. The summed E-state index contributed by atoms with van der Waals surface area (Å²) in [5.41, 5.74) is 1.14. The number of thiazole rings is 1. The molecule has 1 aromatic heterocycles. The molecule has 1 aromatic rings. The Morgan fingerprint density at radius 3 is 2.76 bits per heavy atom. The number of guanidine groups is 1. The average Bonchev–Trinajstić information content (AvgIpc) is 3.02. The van der Waals surface area contributed by atoms with Gasteiger partial charge < -0.3 is 15.5 Å². The summed E-state index contributed by atoms with van der Waals surface area (Å²) >= 11 is 1.77. The summed E-state index contributed by atoms with van der Waals surface area (Å²) in [7, 11) is 0. The second-order valence-electron chi connectivity index (χ2n) is 6.86. The van der Waals surface area contributed by atoms with Crippen molar-refractivity contribution >= 4 is 17.3 Å². The second kappa shape index (κ2) is 11.5. The molecule has 0 aromatic carbocycles. The SMILES string of the molecule is CCCN1CCC(NC(=NCCCCc2nc(C)cs2)NCC)CC1. The molecule has 1 aliphatic heterocycles. The molecule has 5 nitrogen and oxygen atoms in total. The van der Waals surface area contributed by atoms with Crippen LogP contribution in [-0.2, 0) is 6.42 Å². The third-order valence-electron chi connectivity index (χ3n) is 4.55. The zero-order chi connectivity index (χ0) is 17.9. The molecular weight excluding hydrogens is 330 g/mol. The molecule has 0 spiro atoms. The van der Waals surface area contributed by atoms with Crippen LogP contribution in [0, 0.1) is 6.92 Å². The van der Waals surface area contributed by atoms with E-state index in [0.29, 0.717) is 6.04 Å². The highest BCUT2D eigenvalue weighted by atomic mass is 32.1. The Kier molecular flexibility index (Phi) is 9.26. The second-order valence-corrected chi connectivity index (χ2v) is 7.80. The third kappa shape index (κ3) is 7.74. The molecule has 25 heavy (non-hydrogen) atoms. The van der Waals surface area contributed by atoms with Crippen molar-refractivity contribution in [2.45, 2.75) is 65.3 Å². The van der Waals surface area contributed by atoms with E-state index < -0.39 is 0 Å². The van der Waals surface area contributed by atoms with Crippen molar-refractivity contribution < 1.29 is 0 Å². The van der Waals surface area contributed by atoms with Crippen molar-refractivity contribution in [1.82, 2.24) is 20.5 Å². The van der Waals surface area contributed by atoms with Crippen LogP contribution < -0.4 is 10.6 Å². The number of piperidine rings is 1. The minimum Gasteiger partial charge on any atom is -0.357 e. The van der Waals surface area contributed by atoms with Crippen LogP contribution in [-0.4, -0.2) is 54.6 Å². The monoisotopic (exact) mass is 365 g/mol. The van der Waals surface area contributed by atoms with Gasteiger partial charge in [-0.05, 0) is 58.9 Å². The number of rotatable bonds is 9. The quantitative estimate of drug-likeness (QED) is 0.401. The van der Waals surface area contributed by atoms with Crippen LogP contribution in [0.5, 0.6) is 0 Å². The minimum absolute atomic E-state index is 0.559. The number of hydrogen-bond donors (Lipinski definition) is 2. The lowest BCUT2D eigenvalue weighted by Crippen LogP contribution is -2.48. The third-order valence-corrected chi connectivity index (χ3v) is 5.57. The standard InChI is InChI=1S/C19H35N5S/c1-4-12-24-13-9-17(10-14-24)23-19(20-5-2)21-11-7-6-8-18-22-16(3)15-25-18/h15,17H,4-14H2,1-3H3,(H2,20,21,23). The zero-order valence-electron chi connectivity index (χ0n) is 16.2. The summed E-state index contributed by atoms with van der Waals surface area (Å²) in [6.45, 7) is 11.9. The summed E-state index contributed by atoms with van der Waals surface area (Å²) in [6.07, 6.45) is 7.04. The lowest BCUT2D eigenvalue weighted by molar-refractivity contribution is 0.206. The topological polar surface area (TPSA) is 52.5 Å². The van der Waals surface area contributed by atoms with Gasteiger partial charge >= 0.3 is 0 Å². The van der Waals surface area contributed by atoms with E-state index in [1.165, 1.54) is 43.9 Å². The number of unbranched alkanes of at least 4 members (excludes halogenated alkanes) is 1. The Morgan fingerprint density at radius 1 is 1.32 bits per heavy atom. The highest BCUT2D eigenvalue weighted by molar-refractivity contribution is 7.09. The van der Waals surface area contributed by atoms with Crippen molar-refractivity contribution in [3.05, 3.63) is 16.1 Å². The number of nitrogens with zero attached hydrogens (tertiary/aromatic N) is 3. The van der Waals surface area contributed by atoms with Crippen LogP contribution in [0.4, 0.5) is 0 Å². The lowest BCUT2D eigenvalue weighted by atomic mass is 10.1. The molecule has 0 saturated carbocycles. The first kappa shape index (κ1) is 20.2. The van der Waals surface area contributed by atoms with Crippen LogP contribution in [0.3, 0.4) is 0 Å². The highest BCUT2D eigenvalue weighted by Gasteiger charge is 2.19. The molecule has 0 bridgehead atoms. The maximum absolute atomic E-state index is 4.76. The molecule has 1 fully saturated rings. The molecule has 142 valence electrons. The largest absolute Gasteiger partial charge is 0.357 e. The van der Waals surface area contributed by atoms with E-state index in [9.17, 15) is 0 Å². The summed E-state index contributed by atoms with van der Waals surface area (Å²) in [5, 5.41) is 10.4. The number of aromatic nitrogens is 1. The van der Waals surface area contributed by atoms with Crippen molar-refractivity contribution in [2.24, 2.45) is 4.99 Å². The molecule has 1 saturated heterocycles. The summed E-state index contributed by atoms with van der Waals surface area (Å²) in [4.78, 5) is 11.9. The van der Waals surface area contributed by atoms with Gasteiger partial charge in [0.05, 0.1) is 5.01 Å². The van der Waals surface area contributed by atoms with Crippen LogP contribution in [0.1, 0.15) is 56.7 Å². The average molecular weight is 366 g/mol. The van der Waals surface area contributed by atoms with Crippen LogP contribution in [0.25, 0.3) is 0 Å². The maximum atomic E-state index is 4.76. The van der Waals surface area contributed by atoms with E-state index in [1.54, 1.807) is 11.3 Å². The Morgan fingerprint density at radius 2 is 2.12 bits per heavy atom. The molecule has 2 rings (SSSR count). The summed E-state index contributed by atoms with van der Waals surface area (Å²) in [6, 6.07) is 0.559. The lowest BCUT2D eigenvalue weighted by Gasteiger charge is -2.32. The fourth-order valence-corrected chi connectivity index (χ4v) is 4.05. The Balaban J connectivity index is 1.67. The van der Waals surface area contributed by atoms with Crippen molar-refractivity contribution in [3.63, 3.8) is 0 Å².